The second kappa shape index (κ2) is 6.20. The molecule has 3 rings (SSSR count). The minimum atomic E-state index is 0.448. The molecule has 0 saturated carbocycles. The van der Waals surface area contributed by atoms with Gasteiger partial charge in [-0.05, 0) is 18.2 Å². The van der Waals surface area contributed by atoms with E-state index < -0.39 is 0 Å². The van der Waals surface area contributed by atoms with E-state index in [0.717, 1.165) is 41.3 Å². The zero-order chi connectivity index (χ0) is 14.8. The Kier molecular flexibility index (Phi) is 4.31. The quantitative estimate of drug-likeness (QED) is 0.863. The molecule has 0 atom stereocenters. The number of rotatable bonds is 3. The summed E-state index contributed by atoms with van der Waals surface area (Å²) >= 11 is 7.78. The largest absolute Gasteiger partial charge is 0.368 e. The Bertz CT molecular complexity index is 605. The normalized spacial score (nSPS) is 15.8. The Morgan fingerprint density at radius 3 is 2.43 bits per heavy atom. The van der Waals surface area contributed by atoms with Crippen molar-refractivity contribution in [1.82, 2.24) is 10.2 Å². The highest BCUT2D eigenvalue weighted by Gasteiger charge is 2.21. The molecule has 21 heavy (non-hydrogen) atoms. The Hall–Kier alpha value is -1.33. The lowest BCUT2D eigenvalue weighted by Gasteiger charge is -2.35. The zero-order valence-corrected chi connectivity index (χ0v) is 13.9. The second-order valence-corrected chi connectivity index (χ2v) is 6.96. The molecule has 0 spiro atoms. The van der Waals surface area contributed by atoms with E-state index in [0.29, 0.717) is 5.92 Å². The standard InChI is InChI=1S/C15H19ClN4S/c1-11(2)14-17-18-15(21-14)20-8-6-19(7-9-20)13-5-3-4-12(16)10-13/h3-5,10-11H,6-9H2,1-2H3. The lowest BCUT2D eigenvalue weighted by atomic mass is 10.2. The van der Waals surface area contributed by atoms with E-state index in [4.69, 9.17) is 11.6 Å². The number of hydrogen-bond donors (Lipinski definition) is 0. The van der Waals surface area contributed by atoms with E-state index in [1.807, 2.05) is 18.2 Å². The topological polar surface area (TPSA) is 32.3 Å². The summed E-state index contributed by atoms with van der Waals surface area (Å²) in [6.07, 6.45) is 0. The summed E-state index contributed by atoms with van der Waals surface area (Å²) < 4.78 is 0. The summed E-state index contributed by atoms with van der Waals surface area (Å²) in [7, 11) is 0. The summed E-state index contributed by atoms with van der Waals surface area (Å²) in [6, 6.07) is 8.06. The molecular formula is C15H19ClN4S. The van der Waals surface area contributed by atoms with Crippen LogP contribution >= 0.6 is 22.9 Å². The summed E-state index contributed by atoms with van der Waals surface area (Å²) in [6.45, 7) is 8.22. The maximum absolute atomic E-state index is 6.07. The number of halogens is 1. The molecule has 1 aromatic heterocycles. The first kappa shape index (κ1) is 14.6. The van der Waals surface area contributed by atoms with Gasteiger partial charge in [-0.1, -0.05) is 42.9 Å². The van der Waals surface area contributed by atoms with E-state index in [1.54, 1.807) is 11.3 Å². The van der Waals surface area contributed by atoms with Crippen molar-refractivity contribution in [3.63, 3.8) is 0 Å². The fourth-order valence-corrected chi connectivity index (χ4v) is 3.50. The first-order chi connectivity index (χ1) is 10.1. The Morgan fingerprint density at radius 1 is 1.10 bits per heavy atom. The monoisotopic (exact) mass is 322 g/mol. The van der Waals surface area contributed by atoms with Crippen molar-refractivity contribution < 1.29 is 0 Å². The molecule has 112 valence electrons. The predicted octanol–water partition coefficient (Wildman–Crippen LogP) is 3.64. The molecule has 1 aromatic carbocycles. The number of hydrogen-bond acceptors (Lipinski definition) is 5. The smallest absolute Gasteiger partial charge is 0.208 e. The van der Waals surface area contributed by atoms with Gasteiger partial charge >= 0.3 is 0 Å². The molecule has 4 nitrogen and oxygen atoms in total. The maximum Gasteiger partial charge on any atom is 0.208 e. The highest BCUT2D eigenvalue weighted by atomic mass is 35.5. The van der Waals surface area contributed by atoms with Crippen molar-refractivity contribution in [2.45, 2.75) is 19.8 Å². The minimum Gasteiger partial charge on any atom is -0.368 e. The molecule has 2 aromatic rings. The molecule has 0 unspecified atom stereocenters. The van der Waals surface area contributed by atoms with Gasteiger partial charge in [0.15, 0.2) is 0 Å². The fraction of sp³-hybridized carbons (Fsp3) is 0.467. The Balaban J connectivity index is 1.64. The molecular weight excluding hydrogens is 304 g/mol. The number of piperazine rings is 1. The van der Waals surface area contributed by atoms with Gasteiger partial charge in [0, 0.05) is 42.8 Å². The van der Waals surface area contributed by atoms with Gasteiger partial charge in [-0.15, -0.1) is 10.2 Å². The Labute approximate surface area is 134 Å². The molecule has 6 heteroatoms. The maximum atomic E-state index is 6.07. The van der Waals surface area contributed by atoms with Crippen LogP contribution in [0, 0.1) is 0 Å². The van der Waals surface area contributed by atoms with Crippen LogP contribution in [0.3, 0.4) is 0 Å². The van der Waals surface area contributed by atoms with Crippen molar-refractivity contribution in [3.05, 3.63) is 34.3 Å². The second-order valence-electron chi connectivity index (χ2n) is 5.53. The lowest BCUT2D eigenvalue weighted by Crippen LogP contribution is -2.46. The molecule has 0 aliphatic carbocycles. The van der Waals surface area contributed by atoms with Crippen LogP contribution in [-0.4, -0.2) is 36.4 Å². The van der Waals surface area contributed by atoms with E-state index in [1.165, 1.54) is 5.69 Å². The summed E-state index contributed by atoms with van der Waals surface area (Å²) in [4.78, 5) is 4.69. The highest BCUT2D eigenvalue weighted by molar-refractivity contribution is 7.15. The predicted molar refractivity (Wildman–Crippen MR) is 89.9 cm³/mol. The van der Waals surface area contributed by atoms with E-state index in [-0.39, 0.29) is 0 Å². The van der Waals surface area contributed by atoms with Crippen LogP contribution < -0.4 is 9.80 Å². The van der Waals surface area contributed by atoms with Gasteiger partial charge in [0.25, 0.3) is 0 Å². The highest BCUT2D eigenvalue weighted by Crippen LogP contribution is 2.27. The first-order valence-corrected chi connectivity index (χ1v) is 8.42. The number of nitrogens with zero attached hydrogens (tertiary/aromatic N) is 4. The Morgan fingerprint density at radius 2 is 1.81 bits per heavy atom. The first-order valence-electron chi connectivity index (χ1n) is 7.22. The van der Waals surface area contributed by atoms with Crippen molar-refractivity contribution >= 4 is 33.8 Å². The average molecular weight is 323 g/mol. The van der Waals surface area contributed by atoms with Crippen molar-refractivity contribution in [3.8, 4) is 0 Å². The summed E-state index contributed by atoms with van der Waals surface area (Å²) in [5.74, 6) is 0.448. The van der Waals surface area contributed by atoms with Gasteiger partial charge in [0.2, 0.25) is 5.13 Å². The van der Waals surface area contributed by atoms with E-state index >= 15 is 0 Å². The van der Waals surface area contributed by atoms with Gasteiger partial charge in [-0.3, -0.25) is 0 Å². The van der Waals surface area contributed by atoms with Crippen molar-refractivity contribution in [1.29, 1.82) is 0 Å². The minimum absolute atomic E-state index is 0.448. The molecule has 0 N–H and O–H groups in total. The summed E-state index contributed by atoms with van der Waals surface area (Å²) in [5.41, 5.74) is 1.20. The molecule has 1 aliphatic heterocycles. The molecule has 0 radical (unpaired) electrons. The van der Waals surface area contributed by atoms with Gasteiger partial charge in [0.1, 0.15) is 5.01 Å². The summed E-state index contributed by atoms with van der Waals surface area (Å²) in [5, 5.41) is 11.6. The van der Waals surface area contributed by atoms with Gasteiger partial charge < -0.3 is 9.80 Å². The van der Waals surface area contributed by atoms with E-state index in [9.17, 15) is 0 Å². The van der Waals surface area contributed by atoms with Crippen molar-refractivity contribution in [2.75, 3.05) is 36.0 Å². The number of anilines is 2. The molecule has 1 saturated heterocycles. The van der Waals surface area contributed by atoms with Gasteiger partial charge in [-0.2, -0.15) is 0 Å². The average Bonchev–Trinajstić information content (AvgIpc) is 2.97. The number of aromatic nitrogens is 2. The van der Waals surface area contributed by atoms with Crippen LogP contribution in [0.25, 0.3) is 0 Å². The van der Waals surface area contributed by atoms with E-state index in [2.05, 4.69) is 39.9 Å². The lowest BCUT2D eigenvalue weighted by molar-refractivity contribution is 0.649. The molecule has 2 heterocycles. The molecule has 0 amide bonds. The van der Waals surface area contributed by atoms with Gasteiger partial charge in [0.05, 0.1) is 0 Å². The number of benzene rings is 1. The third-order valence-corrected chi connectivity index (χ3v) is 5.17. The van der Waals surface area contributed by atoms with Crippen LogP contribution in [0.15, 0.2) is 24.3 Å². The van der Waals surface area contributed by atoms with Crippen LogP contribution in [0.5, 0.6) is 0 Å². The fourth-order valence-electron chi connectivity index (χ4n) is 2.42. The van der Waals surface area contributed by atoms with Crippen LogP contribution in [0.2, 0.25) is 5.02 Å². The SMILES string of the molecule is CC(C)c1nnc(N2CCN(c3cccc(Cl)c3)CC2)s1. The van der Waals surface area contributed by atoms with Crippen LogP contribution in [0.4, 0.5) is 10.8 Å². The third kappa shape index (κ3) is 3.30. The zero-order valence-electron chi connectivity index (χ0n) is 12.3. The van der Waals surface area contributed by atoms with Crippen LogP contribution in [0.1, 0.15) is 24.8 Å². The van der Waals surface area contributed by atoms with Crippen LogP contribution in [-0.2, 0) is 0 Å². The molecule has 1 aliphatic rings. The van der Waals surface area contributed by atoms with Gasteiger partial charge in [-0.25, -0.2) is 0 Å². The van der Waals surface area contributed by atoms with Crippen molar-refractivity contribution in [2.24, 2.45) is 0 Å². The molecule has 0 bridgehead atoms. The molecule has 1 fully saturated rings. The third-order valence-electron chi connectivity index (χ3n) is 3.65.